The molecule has 3 rings (SSSR count). The SMILES string of the molecule is CC(C)c1nc(N(C)C)nc(N2CCN3CCCCC3C2)n1. The quantitative estimate of drug-likeness (QED) is 0.848. The fourth-order valence-electron chi connectivity index (χ4n) is 3.31. The third kappa shape index (κ3) is 3.16. The minimum Gasteiger partial charge on any atom is -0.347 e. The fourth-order valence-corrected chi connectivity index (χ4v) is 3.31. The Balaban J connectivity index is 1.84. The van der Waals surface area contributed by atoms with Crippen LogP contribution in [0.25, 0.3) is 0 Å². The van der Waals surface area contributed by atoms with Gasteiger partial charge in [-0.2, -0.15) is 15.0 Å². The van der Waals surface area contributed by atoms with Crippen LogP contribution in [0.15, 0.2) is 0 Å². The summed E-state index contributed by atoms with van der Waals surface area (Å²) in [6.45, 7) is 8.73. The van der Waals surface area contributed by atoms with Crippen LogP contribution in [-0.4, -0.2) is 66.2 Å². The lowest BCUT2D eigenvalue weighted by Crippen LogP contribution is -2.55. The van der Waals surface area contributed by atoms with Crippen LogP contribution in [0.2, 0.25) is 0 Å². The first-order chi connectivity index (χ1) is 10.5. The molecule has 1 unspecified atom stereocenters. The molecule has 2 aliphatic heterocycles. The number of piperidine rings is 1. The lowest BCUT2D eigenvalue weighted by Gasteiger charge is -2.44. The highest BCUT2D eigenvalue weighted by Crippen LogP contribution is 2.24. The molecule has 0 saturated carbocycles. The van der Waals surface area contributed by atoms with Gasteiger partial charge in [-0.1, -0.05) is 20.3 Å². The third-order valence-corrected chi connectivity index (χ3v) is 4.67. The molecule has 22 heavy (non-hydrogen) atoms. The summed E-state index contributed by atoms with van der Waals surface area (Å²) in [5.74, 6) is 2.82. The van der Waals surface area contributed by atoms with Gasteiger partial charge in [-0.15, -0.1) is 0 Å². The van der Waals surface area contributed by atoms with Gasteiger partial charge in [0, 0.05) is 45.7 Å². The van der Waals surface area contributed by atoms with Gasteiger partial charge in [0.05, 0.1) is 0 Å². The maximum absolute atomic E-state index is 4.74. The fraction of sp³-hybridized carbons (Fsp3) is 0.812. The summed E-state index contributed by atoms with van der Waals surface area (Å²) < 4.78 is 0. The van der Waals surface area contributed by atoms with E-state index in [1.807, 2.05) is 19.0 Å². The topological polar surface area (TPSA) is 48.4 Å². The zero-order chi connectivity index (χ0) is 15.7. The second kappa shape index (κ2) is 6.36. The van der Waals surface area contributed by atoms with E-state index < -0.39 is 0 Å². The van der Waals surface area contributed by atoms with Crippen LogP contribution in [0.4, 0.5) is 11.9 Å². The Morgan fingerprint density at radius 2 is 1.86 bits per heavy atom. The highest BCUT2D eigenvalue weighted by molar-refractivity contribution is 5.39. The van der Waals surface area contributed by atoms with Crippen molar-refractivity contribution in [1.82, 2.24) is 19.9 Å². The molecular formula is C16H28N6. The molecule has 0 N–H and O–H groups in total. The molecular weight excluding hydrogens is 276 g/mol. The highest BCUT2D eigenvalue weighted by atomic mass is 15.4. The summed E-state index contributed by atoms with van der Waals surface area (Å²) in [5.41, 5.74) is 0. The van der Waals surface area contributed by atoms with Crippen LogP contribution < -0.4 is 9.80 Å². The van der Waals surface area contributed by atoms with Gasteiger partial charge in [-0.05, 0) is 19.4 Å². The summed E-state index contributed by atoms with van der Waals surface area (Å²) in [6, 6.07) is 0.671. The summed E-state index contributed by atoms with van der Waals surface area (Å²) >= 11 is 0. The van der Waals surface area contributed by atoms with Crippen molar-refractivity contribution in [2.75, 3.05) is 50.1 Å². The van der Waals surface area contributed by atoms with Crippen molar-refractivity contribution in [1.29, 1.82) is 0 Å². The Bertz CT molecular complexity index is 489. The van der Waals surface area contributed by atoms with Crippen LogP contribution in [0, 0.1) is 0 Å². The predicted molar refractivity (Wildman–Crippen MR) is 89.7 cm³/mol. The molecule has 2 aliphatic rings. The predicted octanol–water partition coefficient (Wildman–Crippen LogP) is 1.74. The number of hydrogen-bond donors (Lipinski definition) is 0. The molecule has 1 aromatic heterocycles. The van der Waals surface area contributed by atoms with E-state index >= 15 is 0 Å². The first kappa shape index (κ1) is 15.5. The number of piperazine rings is 1. The van der Waals surface area contributed by atoms with Gasteiger partial charge in [0.15, 0.2) is 0 Å². The minimum absolute atomic E-state index is 0.316. The maximum atomic E-state index is 4.74. The van der Waals surface area contributed by atoms with Crippen molar-refractivity contribution in [3.8, 4) is 0 Å². The van der Waals surface area contributed by atoms with Gasteiger partial charge < -0.3 is 9.80 Å². The van der Waals surface area contributed by atoms with Crippen LogP contribution >= 0.6 is 0 Å². The molecule has 0 aromatic carbocycles. The smallest absolute Gasteiger partial charge is 0.230 e. The molecule has 2 saturated heterocycles. The number of anilines is 2. The van der Waals surface area contributed by atoms with Crippen molar-refractivity contribution < 1.29 is 0 Å². The van der Waals surface area contributed by atoms with Gasteiger partial charge in [0.2, 0.25) is 11.9 Å². The zero-order valence-corrected chi connectivity index (χ0v) is 14.3. The van der Waals surface area contributed by atoms with Crippen molar-refractivity contribution >= 4 is 11.9 Å². The van der Waals surface area contributed by atoms with E-state index in [9.17, 15) is 0 Å². The molecule has 122 valence electrons. The van der Waals surface area contributed by atoms with E-state index in [1.165, 1.54) is 25.8 Å². The second-order valence-electron chi connectivity index (χ2n) is 6.97. The van der Waals surface area contributed by atoms with E-state index in [0.29, 0.717) is 12.0 Å². The van der Waals surface area contributed by atoms with Crippen LogP contribution in [0.1, 0.15) is 44.9 Å². The second-order valence-corrected chi connectivity index (χ2v) is 6.97. The summed E-state index contributed by atoms with van der Waals surface area (Å²) in [5, 5.41) is 0. The standard InChI is InChI=1S/C16H28N6/c1-12(2)14-17-15(20(3)4)19-16(18-14)22-10-9-21-8-6-5-7-13(21)11-22/h12-13H,5-11H2,1-4H3. The number of nitrogens with zero attached hydrogens (tertiary/aromatic N) is 6. The average molecular weight is 304 g/mol. The number of hydrogen-bond acceptors (Lipinski definition) is 6. The van der Waals surface area contributed by atoms with Crippen LogP contribution in [-0.2, 0) is 0 Å². The van der Waals surface area contributed by atoms with E-state index in [-0.39, 0.29) is 0 Å². The average Bonchev–Trinajstić information content (AvgIpc) is 2.53. The Morgan fingerprint density at radius 3 is 2.59 bits per heavy atom. The third-order valence-electron chi connectivity index (χ3n) is 4.67. The summed E-state index contributed by atoms with van der Waals surface area (Å²) in [4.78, 5) is 21.0. The van der Waals surface area contributed by atoms with Crippen molar-refractivity contribution in [2.45, 2.75) is 45.1 Å². The Kier molecular flexibility index (Phi) is 4.47. The first-order valence-corrected chi connectivity index (χ1v) is 8.47. The monoisotopic (exact) mass is 304 g/mol. The highest BCUT2D eigenvalue weighted by Gasteiger charge is 2.30. The number of rotatable bonds is 3. The van der Waals surface area contributed by atoms with Gasteiger partial charge in [-0.25, -0.2) is 0 Å². The van der Waals surface area contributed by atoms with Crippen molar-refractivity contribution in [3.05, 3.63) is 5.82 Å². The molecule has 0 bridgehead atoms. The maximum Gasteiger partial charge on any atom is 0.230 e. The van der Waals surface area contributed by atoms with Gasteiger partial charge in [0.25, 0.3) is 0 Å². The van der Waals surface area contributed by atoms with Crippen LogP contribution in [0.3, 0.4) is 0 Å². The molecule has 1 atom stereocenters. The molecule has 1 aromatic rings. The lowest BCUT2D eigenvalue weighted by atomic mass is 10.00. The Hall–Kier alpha value is -1.43. The molecule has 0 aliphatic carbocycles. The van der Waals surface area contributed by atoms with Crippen LogP contribution in [0.5, 0.6) is 0 Å². The lowest BCUT2D eigenvalue weighted by molar-refractivity contribution is 0.132. The minimum atomic E-state index is 0.316. The molecule has 2 fully saturated rings. The summed E-state index contributed by atoms with van der Waals surface area (Å²) in [7, 11) is 3.98. The molecule has 0 spiro atoms. The molecule has 6 heteroatoms. The van der Waals surface area contributed by atoms with E-state index in [2.05, 4.69) is 33.6 Å². The van der Waals surface area contributed by atoms with Crippen molar-refractivity contribution in [3.63, 3.8) is 0 Å². The van der Waals surface area contributed by atoms with E-state index in [1.54, 1.807) is 0 Å². The Morgan fingerprint density at radius 1 is 1.05 bits per heavy atom. The van der Waals surface area contributed by atoms with Gasteiger partial charge in [-0.3, -0.25) is 4.90 Å². The van der Waals surface area contributed by atoms with Crippen molar-refractivity contribution in [2.24, 2.45) is 0 Å². The normalized spacial score (nSPS) is 22.8. The molecule has 0 amide bonds. The number of fused-ring (bicyclic) bond motifs is 1. The van der Waals surface area contributed by atoms with Gasteiger partial charge in [0.1, 0.15) is 5.82 Å². The largest absolute Gasteiger partial charge is 0.347 e. The molecule has 6 nitrogen and oxygen atoms in total. The zero-order valence-electron chi connectivity index (χ0n) is 14.3. The molecule has 3 heterocycles. The van der Waals surface area contributed by atoms with E-state index in [4.69, 9.17) is 4.98 Å². The first-order valence-electron chi connectivity index (χ1n) is 8.47. The molecule has 0 radical (unpaired) electrons. The van der Waals surface area contributed by atoms with E-state index in [0.717, 1.165) is 37.4 Å². The Labute approximate surface area is 133 Å². The summed E-state index contributed by atoms with van der Waals surface area (Å²) in [6.07, 6.45) is 4.01. The number of aromatic nitrogens is 3. The van der Waals surface area contributed by atoms with Gasteiger partial charge >= 0.3 is 0 Å².